The third-order valence-electron chi connectivity index (χ3n) is 3.07. The SMILES string of the molecule is CCC(CBr)(CBr)Cc1ccn(C(C)C)n1. The van der Waals surface area contributed by atoms with E-state index in [2.05, 4.69) is 70.0 Å². The van der Waals surface area contributed by atoms with Gasteiger partial charge in [-0.1, -0.05) is 38.8 Å². The smallest absolute Gasteiger partial charge is 0.0630 e. The Morgan fingerprint density at radius 3 is 2.38 bits per heavy atom. The lowest BCUT2D eigenvalue weighted by Crippen LogP contribution is -2.27. The summed E-state index contributed by atoms with van der Waals surface area (Å²) in [6, 6.07) is 2.58. The Kier molecular flexibility index (Phi) is 5.51. The molecule has 0 N–H and O–H groups in total. The van der Waals surface area contributed by atoms with Gasteiger partial charge < -0.3 is 0 Å². The zero-order valence-electron chi connectivity index (χ0n) is 10.2. The van der Waals surface area contributed by atoms with Crippen molar-refractivity contribution in [3.8, 4) is 0 Å². The summed E-state index contributed by atoms with van der Waals surface area (Å²) in [7, 11) is 0. The van der Waals surface area contributed by atoms with E-state index >= 15 is 0 Å². The van der Waals surface area contributed by atoms with Crippen molar-refractivity contribution in [1.82, 2.24) is 9.78 Å². The van der Waals surface area contributed by atoms with Crippen LogP contribution in [-0.2, 0) is 6.42 Å². The highest BCUT2D eigenvalue weighted by molar-refractivity contribution is 9.09. The fourth-order valence-electron chi connectivity index (χ4n) is 1.59. The molecule has 0 aromatic carbocycles. The summed E-state index contributed by atoms with van der Waals surface area (Å²) in [5.41, 5.74) is 1.48. The van der Waals surface area contributed by atoms with Crippen LogP contribution in [0, 0.1) is 5.41 Å². The second kappa shape index (κ2) is 6.20. The molecule has 1 heterocycles. The topological polar surface area (TPSA) is 17.8 Å². The highest BCUT2D eigenvalue weighted by Crippen LogP contribution is 2.31. The third kappa shape index (κ3) is 3.33. The first-order chi connectivity index (χ1) is 7.56. The number of alkyl halides is 2. The number of hydrogen-bond acceptors (Lipinski definition) is 1. The van der Waals surface area contributed by atoms with Gasteiger partial charge in [0, 0.05) is 22.9 Å². The molecule has 1 aromatic heterocycles. The molecule has 0 fully saturated rings. The molecule has 0 aliphatic carbocycles. The molecule has 0 saturated carbocycles. The molecule has 1 rings (SSSR count). The highest BCUT2D eigenvalue weighted by Gasteiger charge is 2.27. The van der Waals surface area contributed by atoms with Gasteiger partial charge in [0.1, 0.15) is 0 Å². The summed E-state index contributed by atoms with van der Waals surface area (Å²) < 4.78 is 2.03. The van der Waals surface area contributed by atoms with Gasteiger partial charge in [0.05, 0.1) is 5.69 Å². The second-order valence-corrected chi connectivity index (χ2v) is 5.80. The lowest BCUT2D eigenvalue weighted by atomic mass is 9.85. The van der Waals surface area contributed by atoms with E-state index in [1.807, 2.05) is 4.68 Å². The van der Waals surface area contributed by atoms with E-state index in [9.17, 15) is 0 Å². The molecule has 2 nitrogen and oxygen atoms in total. The minimum Gasteiger partial charge on any atom is -0.270 e. The van der Waals surface area contributed by atoms with Crippen LogP contribution < -0.4 is 0 Å². The quantitative estimate of drug-likeness (QED) is 0.702. The molecule has 0 saturated heterocycles. The molecule has 4 heteroatoms. The largest absolute Gasteiger partial charge is 0.270 e. The Bertz CT molecular complexity index is 308. The Labute approximate surface area is 115 Å². The Hall–Kier alpha value is 0.170. The summed E-state index contributed by atoms with van der Waals surface area (Å²) in [5, 5.41) is 6.63. The van der Waals surface area contributed by atoms with Crippen molar-refractivity contribution >= 4 is 31.9 Å². The van der Waals surface area contributed by atoms with E-state index in [1.54, 1.807) is 0 Å². The molecular weight excluding hydrogens is 332 g/mol. The van der Waals surface area contributed by atoms with Crippen LogP contribution in [0.1, 0.15) is 38.9 Å². The van der Waals surface area contributed by atoms with Gasteiger partial charge in [0.15, 0.2) is 0 Å². The Morgan fingerprint density at radius 2 is 2.00 bits per heavy atom. The Morgan fingerprint density at radius 1 is 1.38 bits per heavy atom. The summed E-state index contributed by atoms with van der Waals surface area (Å²) in [6.07, 6.45) is 4.25. The predicted octanol–water partition coefficient (Wildman–Crippen LogP) is 4.19. The molecule has 0 radical (unpaired) electrons. The van der Waals surface area contributed by atoms with Crippen molar-refractivity contribution in [1.29, 1.82) is 0 Å². The van der Waals surface area contributed by atoms with Gasteiger partial charge in [-0.15, -0.1) is 0 Å². The van der Waals surface area contributed by atoms with E-state index in [1.165, 1.54) is 5.69 Å². The standard InChI is InChI=1S/C12H20Br2N2/c1-4-12(8-13,9-14)7-11-5-6-16(15-11)10(2)3/h5-6,10H,4,7-9H2,1-3H3. The lowest BCUT2D eigenvalue weighted by Gasteiger charge is -2.27. The molecule has 16 heavy (non-hydrogen) atoms. The highest BCUT2D eigenvalue weighted by atomic mass is 79.9. The third-order valence-corrected chi connectivity index (χ3v) is 5.44. The van der Waals surface area contributed by atoms with Gasteiger partial charge in [0.25, 0.3) is 0 Å². The summed E-state index contributed by atoms with van der Waals surface area (Å²) >= 11 is 7.24. The molecule has 0 amide bonds. The van der Waals surface area contributed by atoms with Crippen LogP contribution in [0.2, 0.25) is 0 Å². The first-order valence-corrected chi connectivity index (χ1v) is 7.97. The van der Waals surface area contributed by atoms with E-state index in [4.69, 9.17) is 0 Å². The van der Waals surface area contributed by atoms with Crippen molar-refractivity contribution in [2.75, 3.05) is 10.7 Å². The fraction of sp³-hybridized carbons (Fsp3) is 0.750. The van der Waals surface area contributed by atoms with Gasteiger partial charge in [-0.05, 0) is 38.2 Å². The van der Waals surface area contributed by atoms with Crippen LogP contribution in [0.5, 0.6) is 0 Å². The predicted molar refractivity (Wildman–Crippen MR) is 76.6 cm³/mol. The van der Waals surface area contributed by atoms with Gasteiger partial charge in [-0.3, -0.25) is 4.68 Å². The maximum Gasteiger partial charge on any atom is 0.0630 e. The van der Waals surface area contributed by atoms with Crippen LogP contribution in [0.3, 0.4) is 0 Å². The van der Waals surface area contributed by atoms with Gasteiger partial charge in [-0.2, -0.15) is 5.10 Å². The van der Waals surface area contributed by atoms with Crippen molar-refractivity contribution < 1.29 is 0 Å². The lowest BCUT2D eigenvalue weighted by molar-refractivity contribution is 0.366. The minimum absolute atomic E-state index is 0.288. The zero-order valence-corrected chi connectivity index (χ0v) is 13.4. The van der Waals surface area contributed by atoms with E-state index in [-0.39, 0.29) is 5.41 Å². The zero-order chi connectivity index (χ0) is 12.2. The maximum atomic E-state index is 4.61. The molecule has 0 aliphatic heterocycles. The average Bonchev–Trinajstić information content (AvgIpc) is 2.74. The number of halogens is 2. The van der Waals surface area contributed by atoms with Crippen LogP contribution in [0.25, 0.3) is 0 Å². The monoisotopic (exact) mass is 350 g/mol. The molecular formula is C12H20Br2N2. The minimum atomic E-state index is 0.288. The van der Waals surface area contributed by atoms with Crippen molar-refractivity contribution in [2.24, 2.45) is 5.41 Å². The number of rotatable bonds is 6. The molecule has 0 unspecified atom stereocenters. The number of nitrogens with zero attached hydrogens (tertiary/aromatic N) is 2. The molecule has 92 valence electrons. The van der Waals surface area contributed by atoms with E-state index < -0.39 is 0 Å². The Balaban J connectivity index is 2.77. The normalized spacial score (nSPS) is 12.4. The molecule has 0 bridgehead atoms. The number of hydrogen-bond donors (Lipinski definition) is 0. The first kappa shape index (κ1) is 14.2. The maximum absolute atomic E-state index is 4.61. The summed E-state index contributed by atoms with van der Waals surface area (Å²) in [5.74, 6) is 0. The molecule has 0 spiro atoms. The molecule has 0 aliphatic rings. The summed E-state index contributed by atoms with van der Waals surface area (Å²) in [4.78, 5) is 0. The fourth-order valence-corrected chi connectivity index (χ4v) is 3.71. The van der Waals surface area contributed by atoms with Gasteiger partial charge in [0.2, 0.25) is 0 Å². The van der Waals surface area contributed by atoms with Crippen LogP contribution in [-0.4, -0.2) is 20.4 Å². The van der Waals surface area contributed by atoms with E-state index in [0.717, 1.165) is 23.5 Å². The second-order valence-electron chi connectivity index (χ2n) is 4.68. The van der Waals surface area contributed by atoms with Crippen molar-refractivity contribution in [2.45, 2.75) is 39.7 Å². The number of aromatic nitrogens is 2. The van der Waals surface area contributed by atoms with Crippen molar-refractivity contribution in [3.63, 3.8) is 0 Å². The first-order valence-electron chi connectivity index (χ1n) is 5.73. The van der Waals surface area contributed by atoms with E-state index in [0.29, 0.717) is 6.04 Å². The summed E-state index contributed by atoms with van der Waals surface area (Å²) in [6.45, 7) is 6.54. The average molecular weight is 352 g/mol. The van der Waals surface area contributed by atoms with Crippen LogP contribution in [0.4, 0.5) is 0 Å². The molecule has 1 aromatic rings. The van der Waals surface area contributed by atoms with Gasteiger partial charge in [-0.25, -0.2) is 0 Å². The van der Waals surface area contributed by atoms with Gasteiger partial charge >= 0.3 is 0 Å². The van der Waals surface area contributed by atoms with Crippen molar-refractivity contribution in [3.05, 3.63) is 18.0 Å². The molecule has 0 atom stereocenters. The van der Waals surface area contributed by atoms with Crippen LogP contribution in [0.15, 0.2) is 12.3 Å². The van der Waals surface area contributed by atoms with Crippen LogP contribution >= 0.6 is 31.9 Å².